The molecule has 1 aromatic rings. The smallest absolute Gasteiger partial charge is 0.410 e. The van der Waals surface area contributed by atoms with Crippen LogP contribution in [0.5, 0.6) is 0 Å². The molecule has 1 saturated heterocycles. The third-order valence-corrected chi connectivity index (χ3v) is 3.74. The molecule has 1 fully saturated rings. The van der Waals surface area contributed by atoms with Gasteiger partial charge in [0.05, 0.1) is 0 Å². The third-order valence-electron chi connectivity index (χ3n) is 2.85. The number of amides is 2. The lowest BCUT2D eigenvalue weighted by Gasteiger charge is -2.16. The normalized spacial score (nSPS) is 18.7. The van der Waals surface area contributed by atoms with Crippen LogP contribution in [0.15, 0.2) is 22.7 Å². The highest BCUT2D eigenvalue weighted by molar-refractivity contribution is 9.10. The van der Waals surface area contributed by atoms with Crippen LogP contribution in [0.2, 0.25) is 0 Å². The van der Waals surface area contributed by atoms with Crippen LogP contribution in [0.3, 0.4) is 0 Å². The average Bonchev–Trinajstić information content (AvgIpc) is 2.65. The van der Waals surface area contributed by atoms with Crippen LogP contribution in [0.25, 0.3) is 0 Å². The molecule has 1 unspecified atom stereocenters. The Hall–Kier alpha value is -1.56. The van der Waals surface area contributed by atoms with Crippen molar-refractivity contribution in [1.29, 1.82) is 0 Å². The Bertz CT molecular complexity index is 504. The SMILES string of the molecule is Cc1cc(NC(=O)C2COC(=O)N2C)ccc1Br. The lowest BCUT2D eigenvalue weighted by Crippen LogP contribution is -2.40. The number of likely N-dealkylation sites (N-methyl/N-ethyl adjacent to an activating group) is 1. The first-order chi connectivity index (χ1) is 8.49. The summed E-state index contributed by atoms with van der Waals surface area (Å²) in [5, 5.41) is 2.77. The first kappa shape index (κ1) is 12.9. The highest BCUT2D eigenvalue weighted by Crippen LogP contribution is 2.20. The molecule has 1 N–H and O–H groups in total. The number of aryl methyl sites for hydroxylation is 1. The molecule has 1 aliphatic rings. The van der Waals surface area contributed by atoms with Crippen LogP contribution >= 0.6 is 15.9 Å². The molecule has 6 heteroatoms. The summed E-state index contributed by atoms with van der Waals surface area (Å²) >= 11 is 3.39. The van der Waals surface area contributed by atoms with Crippen LogP contribution in [0.1, 0.15) is 5.56 Å². The van der Waals surface area contributed by atoms with Gasteiger partial charge in [0.1, 0.15) is 12.6 Å². The fraction of sp³-hybridized carbons (Fsp3) is 0.333. The van der Waals surface area contributed by atoms with Gasteiger partial charge in [-0.2, -0.15) is 0 Å². The van der Waals surface area contributed by atoms with E-state index in [1.165, 1.54) is 4.90 Å². The average molecular weight is 313 g/mol. The molecule has 1 heterocycles. The molecule has 1 aliphatic heterocycles. The second-order valence-electron chi connectivity index (χ2n) is 4.16. The Morgan fingerprint density at radius 2 is 2.28 bits per heavy atom. The van der Waals surface area contributed by atoms with E-state index in [-0.39, 0.29) is 12.5 Å². The molecule has 2 rings (SSSR count). The van der Waals surface area contributed by atoms with Gasteiger partial charge in [-0.25, -0.2) is 4.79 Å². The maximum Gasteiger partial charge on any atom is 0.410 e. The van der Waals surface area contributed by atoms with E-state index >= 15 is 0 Å². The van der Waals surface area contributed by atoms with E-state index in [9.17, 15) is 9.59 Å². The molecule has 1 aromatic carbocycles. The topological polar surface area (TPSA) is 58.6 Å². The third kappa shape index (κ3) is 2.48. The van der Waals surface area contributed by atoms with E-state index in [0.717, 1.165) is 10.0 Å². The van der Waals surface area contributed by atoms with E-state index in [1.807, 2.05) is 19.1 Å². The molecular weight excluding hydrogens is 300 g/mol. The Morgan fingerprint density at radius 3 is 2.83 bits per heavy atom. The van der Waals surface area contributed by atoms with Gasteiger partial charge in [0.2, 0.25) is 0 Å². The predicted molar refractivity (Wildman–Crippen MR) is 70.4 cm³/mol. The van der Waals surface area contributed by atoms with Gasteiger partial charge in [-0.15, -0.1) is 0 Å². The van der Waals surface area contributed by atoms with Crippen molar-refractivity contribution in [2.45, 2.75) is 13.0 Å². The highest BCUT2D eigenvalue weighted by Gasteiger charge is 2.35. The van der Waals surface area contributed by atoms with Crippen LogP contribution in [-0.2, 0) is 9.53 Å². The molecule has 18 heavy (non-hydrogen) atoms. The molecule has 0 bridgehead atoms. The van der Waals surface area contributed by atoms with Crippen LogP contribution in [0, 0.1) is 6.92 Å². The summed E-state index contributed by atoms with van der Waals surface area (Å²) in [7, 11) is 1.55. The number of carbonyl (C=O) groups excluding carboxylic acids is 2. The fourth-order valence-corrected chi connectivity index (χ4v) is 1.94. The Morgan fingerprint density at radius 1 is 1.56 bits per heavy atom. The summed E-state index contributed by atoms with van der Waals surface area (Å²) in [4.78, 5) is 24.4. The molecular formula is C12H13BrN2O3. The number of carbonyl (C=O) groups is 2. The van der Waals surface area contributed by atoms with Gasteiger partial charge in [0.15, 0.2) is 0 Å². The van der Waals surface area contributed by atoms with Crippen molar-refractivity contribution in [3.63, 3.8) is 0 Å². The summed E-state index contributed by atoms with van der Waals surface area (Å²) in [5.74, 6) is -0.245. The number of ether oxygens (including phenoxy) is 1. The largest absolute Gasteiger partial charge is 0.447 e. The summed E-state index contributed by atoms with van der Waals surface area (Å²) in [6, 6.07) is 4.96. The van der Waals surface area contributed by atoms with Crippen molar-refractivity contribution in [2.24, 2.45) is 0 Å². The van der Waals surface area contributed by atoms with Crippen molar-refractivity contribution in [3.05, 3.63) is 28.2 Å². The zero-order valence-corrected chi connectivity index (χ0v) is 11.7. The second kappa shape index (κ2) is 4.97. The van der Waals surface area contributed by atoms with Crippen molar-refractivity contribution in [3.8, 4) is 0 Å². The number of nitrogens with zero attached hydrogens (tertiary/aromatic N) is 1. The molecule has 0 radical (unpaired) electrons. The standard InChI is InChI=1S/C12H13BrN2O3/c1-7-5-8(3-4-9(7)13)14-11(16)10-6-18-12(17)15(10)2/h3-5,10H,6H2,1-2H3,(H,14,16). The van der Waals surface area contributed by atoms with Crippen LogP contribution < -0.4 is 5.32 Å². The van der Waals surface area contributed by atoms with E-state index in [4.69, 9.17) is 4.74 Å². The van der Waals surface area contributed by atoms with Crippen molar-refractivity contribution in [1.82, 2.24) is 4.90 Å². The first-order valence-corrected chi connectivity index (χ1v) is 6.25. The van der Waals surface area contributed by atoms with E-state index < -0.39 is 12.1 Å². The number of anilines is 1. The van der Waals surface area contributed by atoms with E-state index in [0.29, 0.717) is 5.69 Å². The molecule has 5 nitrogen and oxygen atoms in total. The van der Waals surface area contributed by atoms with Gasteiger partial charge < -0.3 is 10.1 Å². The van der Waals surface area contributed by atoms with Crippen molar-refractivity contribution >= 4 is 33.6 Å². The van der Waals surface area contributed by atoms with Gasteiger partial charge in [-0.3, -0.25) is 9.69 Å². The van der Waals surface area contributed by atoms with Gasteiger partial charge in [0.25, 0.3) is 5.91 Å². The predicted octanol–water partition coefficient (Wildman–Crippen LogP) is 2.15. The minimum absolute atomic E-state index is 0.0939. The number of cyclic esters (lactones) is 1. The number of hydrogen-bond acceptors (Lipinski definition) is 3. The van der Waals surface area contributed by atoms with Crippen molar-refractivity contribution < 1.29 is 14.3 Å². The number of benzene rings is 1. The lowest BCUT2D eigenvalue weighted by atomic mass is 10.2. The first-order valence-electron chi connectivity index (χ1n) is 5.45. The van der Waals surface area contributed by atoms with Gasteiger partial charge in [-0.1, -0.05) is 15.9 Å². The molecule has 0 aliphatic carbocycles. The highest BCUT2D eigenvalue weighted by atomic mass is 79.9. The lowest BCUT2D eigenvalue weighted by molar-refractivity contribution is -0.119. The van der Waals surface area contributed by atoms with Crippen molar-refractivity contribution in [2.75, 3.05) is 19.0 Å². The quantitative estimate of drug-likeness (QED) is 0.910. The summed E-state index contributed by atoms with van der Waals surface area (Å²) < 4.78 is 5.78. The van der Waals surface area contributed by atoms with E-state index in [1.54, 1.807) is 13.1 Å². The number of rotatable bonds is 2. The number of nitrogens with one attached hydrogen (secondary N) is 1. The molecule has 96 valence electrons. The minimum atomic E-state index is -0.568. The monoisotopic (exact) mass is 312 g/mol. The zero-order valence-electron chi connectivity index (χ0n) is 10.1. The second-order valence-corrected chi connectivity index (χ2v) is 5.01. The van der Waals surface area contributed by atoms with E-state index in [2.05, 4.69) is 21.2 Å². The zero-order chi connectivity index (χ0) is 13.3. The number of hydrogen-bond donors (Lipinski definition) is 1. The molecule has 1 atom stereocenters. The Labute approximate surface area is 113 Å². The summed E-state index contributed by atoms with van der Waals surface area (Å²) in [6.07, 6.45) is -0.470. The Kier molecular flexibility index (Phi) is 3.56. The summed E-state index contributed by atoms with van der Waals surface area (Å²) in [6.45, 7) is 2.03. The number of halogens is 1. The van der Waals surface area contributed by atoms with Gasteiger partial charge in [0, 0.05) is 17.2 Å². The van der Waals surface area contributed by atoms with Crippen LogP contribution in [-0.4, -0.2) is 36.6 Å². The fourth-order valence-electron chi connectivity index (χ4n) is 1.69. The van der Waals surface area contributed by atoms with Gasteiger partial charge >= 0.3 is 6.09 Å². The Balaban J connectivity index is 2.07. The molecule has 0 saturated carbocycles. The minimum Gasteiger partial charge on any atom is -0.447 e. The van der Waals surface area contributed by atoms with Crippen LogP contribution in [0.4, 0.5) is 10.5 Å². The molecule has 0 spiro atoms. The van der Waals surface area contributed by atoms with Gasteiger partial charge in [-0.05, 0) is 30.7 Å². The molecule has 2 amide bonds. The maximum atomic E-state index is 12.0. The summed E-state index contributed by atoms with van der Waals surface area (Å²) in [5.41, 5.74) is 1.73. The molecule has 0 aromatic heterocycles. The maximum absolute atomic E-state index is 12.0.